The summed E-state index contributed by atoms with van der Waals surface area (Å²) in [4.78, 5) is 8.76. The molecule has 1 aliphatic carbocycles. The van der Waals surface area contributed by atoms with Gasteiger partial charge in [-0.3, -0.25) is 4.99 Å². The molecule has 2 unspecified atom stereocenters. The van der Waals surface area contributed by atoms with Crippen molar-refractivity contribution in [2.75, 3.05) is 18.5 Å². The lowest BCUT2D eigenvalue weighted by atomic mass is 9.86. The van der Waals surface area contributed by atoms with E-state index in [1.165, 1.54) is 12.4 Å². The Kier molecular flexibility index (Phi) is 3.88. The summed E-state index contributed by atoms with van der Waals surface area (Å²) in [6.45, 7) is 3.11. The number of nitrogens with zero attached hydrogens (tertiary/aromatic N) is 2. The van der Waals surface area contributed by atoms with E-state index in [1.54, 1.807) is 12.1 Å². The molecule has 24 heavy (non-hydrogen) atoms. The van der Waals surface area contributed by atoms with E-state index in [1.807, 2.05) is 13.0 Å². The smallest absolute Gasteiger partial charge is 0.157 e. The zero-order valence-electron chi connectivity index (χ0n) is 12.9. The Bertz CT molecular complexity index is 816. The van der Waals surface area contributed by atoms with Gasteiger partial charge in [-0.25, -0.2) is 9.38 Å². The third-order valence-corrected chi connectivity index (χ3v) is 4.70. The number of halogens is 2. The number of allylic oxidation sites excluding steroid dienone is 1. The maximum atomic E-state index is 14.0. The highest BCUT2D eigenvalue weighted by molar-refractivity contribution is 9.10. The molecule has 2 heterocycles. The third kappa shape index (κ3) is 2.62. The number of amidine groups is 1. The number of nitrogens with one attached hydrogen (secondary N) is 1. The van der Waals surface area contributed by atoms with E-state index in [0.717, 1.165) is 15.8 Å². The Balaban J connectivity index is 1.70. The van der Waals surface area contributed by atoms with Gasteiger partial charge in [0.25, 0.3) is 0 Å². The van der Waals surface area contributed by atoms with Gasteiger partial charge in [0, 0.05) is 16.0 Å². The first-order chi connectivity index (χ1) is 11.6. The van der Waals surface area contributed by atoms with Gasteiger partial charge in [-0.2, -0.15) is 0 Å². The molecule has 0 spiro atoms. The van der Waals surface area contributed by atoms with Crippen molar-refractivity contribution in [3.63, 3.8) is 0 Å². The number of hydrogen-bond acceptors (Lipinski definition) is 5. The van der Waals surface area contributed by atoms with Crippen molar-refractivity contribution in [2.24, 2.45) is 15.9 Å². The fourth-order valence-electron chi connectivity index (χ4n) is 3.03. The Morgan fingerprint density at radius 3 is 3.00 bits per heavy atom. The molecule has 0 saturated carbocycles. The fraction of sp³-hybridized carbons (Fsp3) is 0.294. The first-order valence-corrected chi connectivity index (χ1v) is 8.46. The maximum Gasteiger partial charge on any atom is 0.157 e. The van der Waals surface area contributed by atoms with Crippen molar-refractivity contribution >= 4 is 33.8 Å². The molecule has 3 aliphatic rings. The van der Waals surface area contributed by atoms with Crippen molar-refractivity contribution in [1.29, 1.82) is 0 Å². The molecule has 0 amide bonds. The fourth-order valence-corrected chi connectivity index (χ4v) is 3.40. The Hall–Kier alpha value is -2.15. The quantitative estimate of drug-likeness (QED) is 0.794. The highest BCUT2D eigenvalue weighted by Gasteiger charge is 2.37. The SMILES string of the molecule is CC1C2=C(C=C3C(Nc4cc(Br)ccc4F)=NC=NC31)OCCO2. The van der Waals surface area contributed by atoms with E-state index < -0.39 is 0 Å². The average Bonchev–Trinajstić information content (AvgIpc) is 2.59. The van der Waals surface area contributed by atoms with Gasteiger partial charge in [-0.15, -0.1) is 0 Å². The van der Waals surface area contributed by atoms with Crippen LogP contribution in [0.25, 0.3) is 0 Å². The number of rotatable bonds is 1. The van der Waals surface area contributed by atoms with Crippen LogP contribution in [0.3, 0.4) is 0 Å². The van der Waals surface area contributed by atoms with Gasteiger partial charge in [0.1, 0.15) is 37.0 Å². The molecule has 124 valence electrons. The maximum absolute atomic E-state index is 14.0. The second-order valence-corrected chi connectivity index (χ2v) is 6.67. The van der Waals surface area contributed by atoms with Gasteiger partial charge in [0.05, 0.1) is 11.7 Å². The molecule has 7 heteroatoms. The largest absolute Gasteiger partial charge is 0.490 e. The lowest BCUT2D eigenvalue weighted by Gasteiger charge is -2.34. The Morgan fingerprint density at radius 2 is 2.12 bits per heavy atom. The lowest BCUT2D eigenvalue weighted by Crippen LogP contribution is -2.36. The minimum atomic E-state index is -0.346. The lowest BCUT2D eigenvalue weighted by molar-refractivity contribution is 0.0492. The molecular formula is C17H15BrFN3O2. The van der Waals surface area contributed by atoms with Crippen LogP contribution in [0.15, 0.2) is 55.8 Å². The molecule has 1 N–H and O–H groups in total. The normalized spacial score (nSPS) is 25.0. The highest BCUT2D eigenvalue weighted by Crippen LogP contribution is 2.36. The summed E-state index contributed by atoms with van der Waals surface area (Å²) >= 11 is 3.35. The molecule has 5 nitrogen and oxygen atoms in total. The van der Waals surface area contributed by atoms with Crippen LogP contribution < -0.4 is 5.32 Å². The molecule has 1 aromatic carbocycles. The zero-order valence-corrected chi connectivity index (χ0v) is 14.5. The Labute approximate surface area is 147 Å². The second kappa shape index (κ2) is 6.05. The summed E-state index contributed by atoms with van der Waals surface area (Å²) in [5, 5.41) is 3.07. The number of anilines is 1. The minimum absolute atomic E-state index is 0.0382. The minimum Gasteiger partial charge on any atom is -0.490 e. The van der Waals surface area contributed by atoms with Crippen LogP contribution in [0, 0.1) is 11.7 Å². The highest BCUT2D eigenvalue weighted by atomic mass is 79.9. The van der Waals surface area contributed by atoms with Crippen LogP contribution in [0.1, 0.15) is 6.92 Å². The molecular weight excluding hydrogens is 377 g/mol. The first kappa shape index (κ1) is 15.4. The molecule has 0 bridgehead atoms. The standard InChI is InChI=1S/C17H15BrFN3O2/c1-9-15-11(7-14-16(9)24-5-4-23-14)17(21-8-20-15)22-13-6-10(18)2-3-12(13)19/h2-3,6-9,15H,4-5H2,1H3,(H,20,21,22). The first-order valence-electron chi connectivity index (χ1n) is 7.67. The van der Waals surface area contributed by atoms with Crippen LogP contribution in [-0.4, -0.2) is 31.4 Å². The number of aliphatic imine (C=N–C) groups is 2. The topological polar surface area (TPSA) is 55.2 Å². The summed E-state index contributed by atoms with van der Waals surface area (Å²) in [7, 11) is 0. The van der Waals surface area contributed by atoms with Crippen LogP contribution in [0.5, 0.6) is 0 Å². The summed E-state index contributed by atoms with van der Waals surface area (Å²) in [5.41, 5.74) is 1.22. The number of fused-ring (bicyclic) bond motifs is 1. The zero-order chi connectivity index (χ0) is 16.7. The monoisotopic (exact) mass is 391 g/mol. The predicted octanol–water partition coefficient (Wildman–Crippen LogP) is 3.64. The number of hydrogen-bond donors (Lipinski definition) is 1. The molecule has 2 atom stereocenters. The van der Waals surface area contributed by atoms with Crippen molar-refractivity contribution < 1.29 is 13.9 Å². The number of ether oxygens (including phenoxy) is 2. The number of benzene rings is 1. The average molecular weight is 392 g/mol. The van der Waals surface area contributed by atoms with Crippen molar-refractivity contribution in [3.8, 4) is 0 Å². The van der Waals surface area contributed by atoms with Crippen molar-refractivity contribution in [3.05, 3.63) is 51.7 Å². The van der Waals surface area contributed by atoms with Crippen LogP contribution >= 0.6 is 15.9 Å². The molecule has 4 rings (SSSR count). The van der Waals surface area contributed by atoms with E-state index in [2.05, 4.69) is 31.2 Å². The molecule has 0 radical (unpaired) electrons. The van der Waals surface area contributed by atoms with E-state index in [-0.39, 0.29) is 17.8 Å². The van der Waals surface area contributed by atoms with Gasteiger partial charge in [0.2, 0.25) is 0 Å². The van der Waals surface area contributed by atoms with Gasteiger partial charge in [-0.05, 0) is 24.3 Å². The predicted molar refractivity (Wildman–Crippen MR) is 93.6 cm³/mol. The van der Waals surface area contributed by atoms with Crippen molar-refractivity contribution in [1.82, 2.24) is 0 Å². The van der Waals surface area contributed by atoms with Gasteiger partial charge in [-0.1, -0.05) is 22.9 Å². The Morgan fingerprint density at radius 1 is 1.29 bits per heavy atom. The van der Waals surface area contributed by atoms with Crippen molar-refractivity contribution in [2.45, 2.75) is 13.0 Å². The summed E-state index contributed by atoms with van der Waals surface area (Å²) < 4.78 is 26.3. The summed E-state index contributed by atoms with van der Waals surface area (Å²) in [5.74, 6) is 1.79. The van der Waals surface area contributed by atoms with Gasteiger partial charge < -0.3 is 14.8 Å². The van der Waals surface area contributed by atoms with E-state index in [9.17, 15) is 4.39 Å². The summed E-state index contributed by atoms with van der Waals surface area (Å²) in [6, 6.07) is 4.61. The van der Waals surface area contributed by atoms with Crippen LogP contribution in [-0.2, 0) is 9.47 Å². The van der Waals surface area contributed by atoms with E-state index in [4.69, 9.17) is 9.47 Å². The van der Waals surface area contributed by atoms with E-state index >= 15 is 0 Å². The molecule has 0 saturated heterocycles. The van der Waals surface area contributed by atoms with Crippen LogP contribution in [0.2, 0.25) is 0 Å². The summed E-state index contributed by atoms with van der Waals surface area (Å²) in [6.07, 6.45) is 3.39. The van der Waals surface area contributed by atoms with E-state index in [0.29, 0.717) is 30.5 Å². The molecule has 0 fully saturated rings. The molecule has 0 aromatic heterocycles. The van der Waals surface area contributed by atoms with Gasteiger partial charge in [0.15, 0.2) is 5.76 Å². The molecule has 1 aromatic rings. The van der Waals surface area contributed by atoms with Crippen LogP contribution in [0.4, 0.5) is 10.1 Å². The third-order valence-electron chi connectivity index (χ3n) is 4.20. The van der Waals surface area contributed by atoms with Gasteiger partial charge >= 0.3 is 0 Å². The second-order valence-electron chi connectivity index (χ2n) is 5.75. The molecule has 2 aliphatic heterocycles.